The number of carbonyl (C=O) groups is 2. The van der Waals surface area contributed by atoms with Gasteiger partial charge in [0.25, 0.3) is 11.8 Å². The topological polar surface area (TPSA) is 62.7 Å². The molecule has 27 heavy (non-hydrogen) atoms. The Balaban J connectivity index is 1.55. The smallest absolute Gasteiger partial charge is 0.272 e. The average molecular weight is 367 g/mol. The molecule has 1 saturated heterocycles. The molecule has 1 aliphatic rings. The normalized spacial score (nSPS) is 14.6. The van der Waals surface area contributed by atoms with Crippen molar-refractivity contribution in [3.8, 4) is 5.75 Å². The van der Waals surface area contributed by atoms with E-state index in [9.17, 15) is 9.59 Å². The molecule has 0 radical (unpaired) electrons. The number of nitrogens with zero attached hydrogens (tertiary/aromatic N) is 3. The maximum absolute atomic E-state index is 12.6. The van der Waals surface area contributed by atoms with Crippen molar-refractivity contribution in [3.05, 3.63) is 59.4 Å². The van der Waals surface area contributed by atoms with Crippen molar-refractivity contribution in [2.45, 2.75) is 20.3 Å². The molecule has 3 rings (SSSR count). The Hall–Kier alpha value is -2.89. The van der Waals surface area contributed by atoms with E-state index in [1.807, 2.05) is 32.0 Å². The highest BCUT2D eigenvalue weighted by molar-refractivity contribution is 5.92. The average Bonchev–Trinajstić information content (AvgIpc) is 2.95. The van der Waals surface area contributed by atoms with Crippen molar-refractivity contribution in [1.82, 2.24) is 14.8 Å². The van der Waals surface area contributed by atoms with E-state index < -0.39 is 0 Å². The number of aromatic nitrogens is 1. The lowest BCUT2D eigenvalue weighted by molar-refractivity contribution is -0.133. The van der Waals surface area contributed by atoms with E-state index in [1.54, 1.807) is 34.2 Å². The molecule has 0 saturated carbocycles. The van der Waals surface area contributed by atoms with Crippen LogP contribution in [0, 0.1) is 13.8 Å². The number of hydrogen-bond donors (Lipinski definition) is 0. The Labute approximate surface area is 159 Å². The quantitative estimate of drug-likeness (QED) is 0.833. The van der Waals surface area contributed by atoms with E-state index in [0.29, 0.717) is 31.9 Å². The molecule has 0 bridgehead atoms. The van der Waals surface area contributed by atoms with E-state index in [2.05, 4.69) is 4.98 Å². The van der Waals surface area contributed by atoms with Gasteiger partial charge in [-0.1, -0.05) is 18.2 Å². The summed E-state index contributed by atoms with van der Waals surface area (Å²) in [5.41, 5.74) is 2.63. The highest BCUT2D eigenvalue weighted by Gasteiger charge is 2.23. The fraction of sp³-hybridized carbons (Fsp3) is 0.381. The van der Waals surface area contributed by atoms with Crippen LogP contribution in [0.15, 0.2) is 42.6 Å². The number of benzene rings is 1. The second-order valence-corrected chi connectivity index (χ2v) is 6.73. The Bertz CT molecular complexity index is 808. The number of ether oxygens (including phenoxy) is 1. The fourth-order valence-corrected chi connectivity index (χ4v) is 3.13. The van der Waals surface area contributed by atoms with Gasteiger partial charge in [0.05, 0.1) is 0 Å². The van der Waals surface area contributed by atoms with Crippen LogP contribution in [0.25, 0.3) is 0 Å². The van der Waals surface area contributed by atoms with Crippen molar-refractivity contribution < 1.29 is 14.3 Å². The highest BCUT2D eigenvalue weighted by Crippen LogP contribution is 2.20. The molecule has 1 fully saturated rings. The Kier molecular flexibility index (Phi) is 6.06. The Morgan fingerprint density at radius 3 is 2.56 bits per heavy atom. The lowest BCUT2D eigenvalue weighted by Crippen LogP contribution is -2.39. The van der Waals surface area contributed by atoms with E-state index in [4.69, 9.17) is 4.74 Å². The molecule has 2 aromatic rings. The third-order valence-electron chi connectivity index (χ3n) is 4.93. The van der Waals surface area contributed by atoms with Gasteiger partial charge in [-0.2, -0.15) is 0 Å². The summed E-state index contributed by atoms with van der Waals surface area (Å²) in [4.78, 5) is 32.8. The Morgan fingerprint density at radius 1 is 1.00 bits per heavy atom. The van der Waals surface area contributed by atoms with Crippen molar-refractivity contribution in [2.75, 3.05) is 32.8 Å². The van der Waals surface area contributed by atoms with Gasteiger partial charge in [0.2, 0.25) is 0 Å². The lowest BCUT2D eigenvalue weighted by Gasteiger charge is -2.22. The van der Waals surface area contributed by atoms with Gasteiger partial charge in [0, 0.05) is 32.4 Å². The fourth-order valence-electron chi connectivity index (χ4n) is 3.13. The van der Waals surface area contributed by atoms with Gasteiger partial charge < -0.3 is 14.5 Å². The number of amides is 2. The molecule has 0 atom stereocenters. The largest absolute Gasteiger partial charge is 0.483 e. The van der Waals surface area contributed by atoms with Crippen LogP contribution in [0.4, 0.5) is 0 Å². The number of rotatable bonds is 4. The van der Waals surface area contributed by atoms with Crippen LogP contribution in [0.5, 0.6) is 5.75 Å². The van der Waals surface area contributed by atoms with Gasteiger partial charge in [-0.05, 0) is 49.6 Å². The van der Waals surface area contributed by atoms with Crippen molar-refractivity contribution in [2.24, 2.45) is 0 Å². The molecular weight excluding hydrogens is 342 g/mol. The first-order valence-electron chi connectivity index (χ1n) is 9.23. The molecule has 142 valence electrons. The molecule has 2 heterocycles. The number of aryl methyl sites for hydroxylation is 1. The summed E-state index contributed by atoms with van der Waals surface area (Å²) in [5, 5.41) is 0. The molecule has 0 spiro atoms. The van der Waals surface area contributed by atoms with Crippen LogP contribution in [-0.2, 0) is 4.79 Å². The first kappa shape index (κ1) is 18.9. The maximum Gasteiger partial charge on any atom is 0.272 e. The molecule has 6 nitrogen and oxygen atoms in total. The summed E-state index contributed by atoms with van der Waals surface area (Å²) in [6.07, 6.45) is 2.36. The van der Waals surface area contributed by atoms with Crippen LogP contribution >= 0.6 is 0 Å². The van der Waals surface area contributed by atoms with E-state index in [1.165, 1.54) is 0 Å². The van der Waals surface area contributed by atoms with Gasteiger partial charge in [-0.15, -0.1) is 0 Å². The molecular formula is C21H25N3O3. The van der Waals surface area contributed by atoms with Gasteiger partial charge in [0.15, 0.2) is 6.61 Å². The second kappa shape index (κ2) is 8.66. The standard InChI is InChI=1S/C21H25N3O3/c1-16-7-5-9-19(17(16)2)27-15-20(25)23-11-6-12-24(14-13-23)21(26)18-8-3-4-10-22-18/h3-5,7-10H,6,11-15H2,1-2H3. The van der Waals surface area contributed by atoms with E-state index in [0.717, 1.165) is 23.3 Å². The predicted octanol–water partition coefficient (Wildman–Crippen LogP) is 2.45. The minimum atomic E-state index is -0.0865. The molecule has 1 aromatic heterocycles. The van der Waals surface area contributed by atoms with Crippen LogP contribution in [0.3, 0.4) is 0 Å². The van der Waals surface area contributed by atoms with Crippen molar-refractivity contribution >= 4 is 11.8 Å². The number of hydrogen-bond acceptors (Lipinski definition) is 4. The molecule has 6 heteroatoms. The van der Waals surface area contributed by atoms with E-state index in [-0.39, 0.29) is 18.4 Å². The van der Waals surface area contributed by atoms with Crippen molar-refractivity contribution in [1.29, 1.82) is 0 Å². The molecule has 0 aliphatic carbocycles. The summed E-state index contributed by atoms with van der Waals surface area (Å²) in [6, 6.07) is 11.1. The van der Waals surface area contributed by atoms with Gasteiger partial charge in [-0.3, -0.25) is 14.6 Å². The van der Waals surface area contributed by atoms with Gasteiger partial charge >= 0.3 is 0 Å². The zero-order valence-electron chi connectivity index (χ0n) is 15.9. The SMILES string of the molecule is Cc1cccc(OCC(=O)N2CCCN(C(=O)c3ccccn3)CC2)c1C. The summed E-state index contributed by atoms with van der Waals surface area (Å²) in [5.74, 6) is 0.602. The summed E-state index contributed by atoms with van der Waals surface area (Å²) >= 11 is 0. The predicted molar refractivity (Wildman–Crippen MR) is 103 cm³/mol. The summed E-state index contributed by atoms with van der Waals surface area (Å²) < 4.78 is 5.74. The van der Waals surface area contributed by atoms with Crippen LogP contribution in [-0.4, -0.2) is 59.4 Å². The maximum atomic E-state index is 12.6. The van der Waals surface area contributed by atoms with Gasteiger partial charge in [0.1, 0.15) is 11.4 Å². The van der Waals surface area contributed by atoms with Crippen LogP contribution in [0.2, 0.25) is 0 Å². The summed E-state index contributed by atoms with van der Waals surface area (Å²) in [6.45, 7) is 6.28. The number of carbonyl (C=O) groups excluding carboxylic acids is 2. The highest BCUT2D eigenvalue weighted by atomic mass is 16.5. The molecule has 0 N–H and O–H groups in total. The minimum Gasteiger partial charge on any atom is -0.483 e. The molecule has 0 unspecified atom stereocenters. The monoisotopic (exact) mass is 367 g/mol. The third kappa shape index (κ3) is 4.64. The van der Waals surface area contributed by atoms with Crippen LogP contribution < -0.4 is 4.74 Å². The number of pyridine rings is 1. The first-order chi connectivity index (χ1) is 13.1. The zero-order chi connectivity index (χ0) is 19.2. The molecule has 2 amide bonds. The van der Waals surface area contributed by atoms with Crippen LogP contribution in [0.1, 0.15) is 28.0 Å². The first-order valence-corrected chi connectivity index (χ1v) is 9.23. The molecule has 1 aliphatic heterocycles. The zero-order valence-corrected chi connectivity index (χ0v) is 15.9. The third-order valence-corrected chi connectivity index (χ3v) is 4.93. The van der Waals surface area contributed by atoms with Gasteiger partial charge in [-0.25, -0.2) is 0 Å². The minimum absolute atomic E-state index is 0.0124. The van der Waals surface area contributed by atoms with Crippen molar-refractivity contribution in [3.63, 3.8) is 0 Å². The lowest BCUT2D eigenvalue weighted by atomic mass is 10.1. The molecule has 1 aromatic carbocycles. The Morgan fingerprint density at radius 2 is 1.78 bits per heavy atom. The second-order valence-electron chi connectivity index (χ2n) is 6.73. The van der Waals surface area contributed by atoms with E-state index >= 15 is 0 Å². The summed E-state index contributed by atoms with van der Waals surface area (Å²) in [7, 11) is 0.